The molecule has 0 saturated heterocycles. The maximum absolute atomic E-state index is 12.6. The SMILES string of the molecule is CC(C)(C)c1nc2nc(-c3ccccc3Cl)c(-c3ccc(Br)cc3)cc2c2n[nH]c(=O)n12. The van der Waals surface area contributed by atoms with Crippen LogP contribution in [-0.4, -0.2) is 24.6 Å². The molecule has 0 saturated carbocycles. The van der Waals surface area contributed by atoms with E-state index in [2.05, 4.69) is 26.1 Å². The Bertz CT molecular complexity index is 1550. The maximum atomic E-state index is 12.6. The molecule has 8 heteroatoms. The Balaban J connectivity index is 1.94. The van der Waals surface area contributed by atoms with E-state index in [0.29, 0.717) is 27.5 Å². The molecule has 0 amide bonds. The van der Waals surface area contributed by atoms with E-state index < -0.39 is 5.41 Å². The van der Waals surface area contributed by atoms with Crippen molar-refractivity contribution < 1.29 is 0 Å². The third-order valence-electron chi connectivity index (χ3n) is 5.29. The van der Waals surface area contributed by atoms with Crippen LogP contribution in [0.3, 0.4) is 0 Å². The minimum absolute atomic E-state index is 0.320. The number of aromatic amines is 1. The molecule has 32 heavy (non-hydrogen) atoms. The van der Waals surface area contributed by atoms with Gasteiger partial charge in [-0.25, -0.2) is 24.3 Å². The molecule has 3 heterocycles. The van der Waals surface area contributed by atoms with E-state index in [4.69, 9.17) is 21.6 Å². The van der Waals surface area contributed by atoms with E-state index in [1.807, 2.05) is 75.4 Å². The highest BCUT2D eigenvalue weighted by Gasteiger charge is 2.25. The maximum Gasteiger partial charge on any atom is 0.349 e. The van der Waals surface area contributed by atoms with Crippen LogP contribution in [-0.2, 0) is 5.41 Å². The topological polar surface area (TPSA) is 75.9 Å². The summed E-state index contributed by atoms with van der Waals surface area (Å²) in [6, 6.07) is 17.6. The van der Waals surface area contributed by atoms with Crippen molar-refractivity contribution in [3.63, 3.8) is 0 Å². The minimum Gasteiger partial charge on any atom is -0.246 e. The third kappa shape index (κ3) is 3.42. The van der Waals surface area contributed by atoms with E-state index in [9.17, 15) is 4.79 Å². The number of pyridine rings is 1. The van der Waals surface area contributed by atoms with Crippen molar-refractivity contribution in [2.45, 2.75) is 26.2 Å². The number of benzene rings is 2. The van der Waals surface area contributed by atoms with Crippen LogP contribution in [0, 0.1) is 0 Å². The number of H-pyrrole nitrogens is 1. The summed E-state index contributed by atoms with van der Waals surface area (Å²) in [6.45, 7) is 6.02. The monoisotopic (exact) mass is 507 g/mol. The zero-order chi connectivity index (χ0) is 22.6. The van der Waals surface area contributed by atoms with Gasteiger partial charge < -0.3 is 0 Å². The van der Waals surface area contributed by atoms with Crippen LogP contribution in [0.15, 0.2) is 63.9 Å². The molecular weight excluding hydrogens is 490 g/mol. The fourth-order valence-electron chi connectivity index (χ4n) is 3.79. The summed E-state index contributed by atoms with van der Waals surface area (Å²) in [4.78, 5) is 22.4. The number of hydrogen-bond donors (Lipinski definition) is 1. The molecule has 0 aliphatic carbocycles. The molecule has 1 N–H and O–H groups in total. The molecule has 0 spiro atoms. The van der Waals surface area contributed by atoms with E-state index in [0.717, 1.165) is 26.9 Å². The highest BCUT2D eigenvalue weighted by molar-refractivity contribution is 9.10. The smallest absolute Gasteiger partial charge is 0.246 e. The zero-order valence-corrected chi connectivity index (χ0v) is 20.0. The van der Waals surface area contributed by atoms with Gasteiger partial charge in [0, 0.05) is 26.0 Å². The molecule has 0 aliphatic heterocycles. The standard InChI is InChI=1S/C24H19BrClN5O/c1-24(2,3)22-28-20-17(21-29-30-23(32)31(21)22)12-16(13-8-10-14(25)11-9-13)19(27-20)15-6-4-5-7-18(15)26/h4-12H,1-3H3,(H,30,32). The van der Waals surface area contributed by atoms with E-state index in [1.165, 1.54) is 4.40 Å². The van der Waals surface area contributed by atoms with Crippen molar-refractivity contribution in [2.75, 3.05) is 0 Å². The largest absolute Gasteiger partial charge is 0.349 e. The first-order valence-electron chi connectivity index (χ1n) is 10.1. The van der Waals surface area contributed by atoms with Crippen LogP contribution < -0.4 is 5.69 Å². The molecule has 6 nitrogen and oxygen atoms in total. The summed E-state index contributed by atoms with van der Waals surface area (Å²) in [5.74, 6) is 0.591. The van der Waals surface area contributed by atoms with Gasteiger partial charge in [-0.2, -0.15) is 5.10 Å². The van der Waals surface area contributed by atoms with Crippen molar-refractivity contribution in [2.24, 2.45) is 0 Å². The van der Waals surface area contributed by atoms with Crippen LogP contribution in [0.1, 0.15) is 26.6 Å². The predicted molar refractivity (Wildman–Crippen MR) is 131 cm³/mol. The first kappa shape index (κ1) is 20.8. The molecular formula is C24H19BrClN5O. The van der Waals surface area contributed by atoms with Crippen LogP contribution in [0.25, 0.3) is 39.1 Å². The number of halogens is 2. The summed E-state index contributed by atoms with van der Waals surface area (Å²) in [7, 11) is 0. The number of aromatic nitrogens is 5. The zero-order valence-electron chi connectivity index (χ0n) is 17.6. The summed E-state index contributed by atoms with van der Waals surface area (Å²) in [6.07, 6.45) is 0. The van der Waals surface area contributed by atoms with E-state index in [-0.39, 0.29) is 5.69 Å². The molecule has 2 aromatic carbocycles. The Labute approximate surface area is 197 Å². The summed E-state index contributed by atoms with van der Waals surface area (Å²) in [5, 5.41) is 8.15. The van der Waals surface area contributed by atoms with Crippen LogP contribution in [0.4, 0.5) is 0 Å². The fraction of sp³-hybridized carbons (Fsp3) is 0.167. The lowest BCUT2D eigenvalue weighted by Gasteiger charge is -2.20. The van der Waals surface area contributed by atoms with Gasteiger partial charge in [0.25, 0.3) is 0 Å². The normalized spacial score (nSPS) is 12.0. The first-order valence-corrected chi connectivity index (χ1v) is 11.2. The van der Waals surface area contributed by atoms with Gasteiger partial charge in [0.1, 0.15) is 5.82 Å². The molecule has 3 aromatic heterocycles. The van der Waals surface area contributed by atoms with Crippen molar-refractivity contribution in [1.29, 1.82) is 0 Å². The fourth-order valence-corrected chi connectivity index (χ4v) is 4.28. The second kappa shape index (κ2) is 7.53. The van der Waals surface area contributed by atoms with Crippen molar-refractivity contribution in [3.8, 4) is 22.4 Å². The average Bonchev–Trinajstić information content (AvgIpc) is 3.14. The lowest BCUT2D eigenvalue weighted by atomic mass is 9.95. The highest BCUT2D eigenvalue weighted by atomic mass is 79.9. The van der Waals surface area contributed by atoms with Gasteiger partial charge in [-0.1, -0.05) is 78.6 Å². The van der Waals surface area contributed by atoms with Gasteiger partial charge in [0.05, 0.1) is 11.1 Å². The van der Waals surface area contributed by atoms with Gasteiger partial charge in [0.15, 0.2) is 11.3 Å². The molecule has 5 aromatic rings. The quantitative estimate of drug-likeness (QED) is 0.317. The molecule has 0 atom stereocenters. The van der Waals surface area contributed by atoms with Gasteiger partial charge in [-0.3, -0.25) is 0 Å². The van der Waals surface area contributed by atoms with Crippen LogP contribution in [0.5, 0.6) is 0 Å². The number of nitrogens with one attached hydrogen (secondary N) is 1. The Kier molecular flexibility index (Phi) is 4.91. The van der Waals surface area contributed by atoms with Crippen molar-refractivity contribution >= 4 is 44.2 Å². The number of nitrogens with zero attached hydrogens (tertiary/aromatic N) is 4. The molecule has 0 bridgehead atoms. The van der Waals surface area contributed by atoms with Crippen molar-refractivity contribution in [1.82, 2.24) is 24.6 Å². The summed E-state index contributed by atoms with van der Waals surface area (Å²) in [5.41, 5.74) is 3.68. The van der Waals surface area contributed by atoms with Crippen molar-refractivity contribution in [3.05, 3.63) is 80.4 Å². The number of fused-ring (bicyclic) bond motifs is 3. The highest BCUT2D eigenvalue weighted by Crippen LogP contribution is 2.37. The first-order chi connectivity index (χ1) is 15.2. The Morgan fingerprint density at radius 1 is 1.00 bits per heavy atom. The minimum atomic E-state index is -0.392. The Morgan fingerprint density at radius 3 is 2.41 bits per heavy atom. The molecule has 0 unspecified atom stereocenters. The van der Waals surface area contributed by atoms with E-state index >= 15 is 0 Å². The molecule has 0 aliphatic rings. The molecule has 0 fully saturated rings. The Morgan fingerprint density at radius 2 is 1.72 bits per heavy atom. The number of rotatable bonds is 2. The number of hydrogen-bond acceptors (Lipinski definition) is 4. The van der Waals surface area contributed by atoms with Crippen LogP contribution >= 0.6 is 27.5 Å². The van der Waals surface area contributed by atoms with Gasteiger partial charge in [-0.05, 0) is 29.8 Å². The Hall–Kier alpha value is -3.03. The van der Waals surface area contributed by atoms with E-state index in [1.54, 1.807) is 0 Å². The average molecular weight is 509 g/mol. The van der Waals surface area contributed by atoms with Crippen LogP contribution in [0.2, 0.25) is 5.02 Å². The predicted octanol–water partition coefficient (Wildman–Crippen LogP) is 6.01. The second-order valence-corrected chi connectivity index (χ2v) is 9.94. The molecule has 5 rings (SSSR count). The lowest BCUT2D eigenvalue weighted by Crippen LogP contribution is -2.25. The second-order valence-electron chi connectivity index (χ2n) is 8.62. The van der Waals surface area contributed by atoms with Gasteiger partial charge in [-0.15, -0.1) is 0 Å². The van der Waals surface area contributed by atoms with Gasteiger partial charge in [0.2, 0.25) is 0 Å². The molecule has 0 radical (unpaired) electrons. The molecule has 160 valence electrons. The summed E-state index contributed by atoms with van der Waals surface area (Å²) >= 11 is 10.1. The lowest BCUT2D eigenvalue weighted by molar-refractivity contribution is 0.535. The van der Waals surface area contributed by atoms with Gasteiger partial charge >= 0.3 is 5.69 Å². The third-order valence-corrected chi connectivity index (χ3v) is 6.15. The summed E-state index contributed by atoms with van der Waals surface area (Å²) < 4.78 is 2.51.